The standard InChI is InChI=1S/C13H18N2O4/c1-3-19-13(18)11(15-8(2)16)12(17)9-5-4-6-10(14)7-9/h4-7,11-12,17H,3,14H2,1-2H3,(H,15,16)/t11-,12+/m0/s1. The molecule has 0 aliphatic rings. The number of carbonyl (C=O) groups excluding carboxylic acids is 2. The summed E-state index contributed by atoms with van der Waals surface area (Å²) in [6.45, 7) is 3.08. The van der Waals surface area contributed by atoms with E-state index < -0.39 is 24.0 Å². The molecule has 0 aliphatic heterocycles. The highest BCUT2D eigenvalue weighted by atomic mass is 16.5. The van der Waals surface area contributed by atoms with Crippen LogP contribution in [0.2, 0.25) is 0 Å². The van der Waals surface area contributed by atoms with Crippen molar-refractivity contribution in [3.8, 4) is 0 Å². The maximum atomic E-state index is 11.8. The lowest BCUT2D eigenvalue weighted by Crippen LogP contribution is -2.45. The van der Waals surface area contributed by atoms with E-state index in [0.717, 1.165) is 0 Å². The molecule has 1 rings (SSSR count). The number of hydrogen-bond donors (Lipinski definition) is 3. The third-order valence-electron chi connectivity index (χ3n) is 2.47. The fraction of sp³-hybridized carbons (Fsp3) is 0.385. The molecule has 0 aliphatic carbocycles. The number of benzene rings is 1. The zero-order valence-electron chi connectivity index (χ0n) is 10.9. The van der Waals surface area contributed by atoms with Crippen LogP contribution in [-0.4, -0.2) is 29.6 Å². The van der Waals surface area contributed by atoms with Crippen LogP contribution in [0, 0.1) is 0 Å². The van der Waals surface area contributed by atoms with Crippen molar-refractivity contribution in [3.63, 3.8) is 0 Å². The summed E-state index contributed by atoms with van der Waals surface area (Å²) >= 11 is 0. The zero-order chi connectivity index (χ0) is 14.4. The molecule has 19 heavy (non-hydrogen) atoms. The van der Waals surface area contributed by atoms with Crippen molar-refractivity contribution in [1.29, 1.82) is 0 Å². The Balaban J connectivity index is 2.96. The van der Waals surface area contributed by atoms with Crippen molar-refractivity contribution in [1.82, 2.24) is 5.32 Å². The predicted molar refractivity (Wildman–Crippen MR) is 70.1 cm³/mol. The van der Waals surface area contributed by atoms with Crippen LogP contribution in [0.25, 0.3) is 0 Å². The van der Waals surface area contributed by atoms with Gasteiger partial charge >= 0.3 is 5.97 Å². The van der Waals surface area contributed by atoms with Gasteiger partial charge in [0.05, 0.1) is 6.61 Å². The number of hydrogen-bond acceptors (Lipinski definition) is 5. The molecule has 6 heteroatoms. The first-order chi connectivity index (χ1) is 8.95. The Morgan fingerprint density at radius 3 is 2.68 bits per heavy atom. The summed E-state index contributed by atoms with van der Waals surface area (Å²) in [4.78, 5) is 22.9. The van der Waals surface area contributed by atoms with Crippen LogP contribution in [0.3, 0.4) is 0 Å². The molecule has 2 atom stereocenters. The normalized spacial score (nSPS) is 13.4. The molecule has 0 spiro atoms. The number of nitrogens with one attached hydrogen (secondary N) is 1. The van der Waals surface area contributed by atoms with Gasteiger partial charge in [-0.05, 0) is 24.6 Å². The van der Waals surface area contributed by atoms with Gasteiger partial charge in [0, 0.05) is 12.6 Å². The smallest absolute Gasteiger partial charge is 0.331 e. The fourth-order valence-corrected chi connectivity index (χ4v) is 1.65. The first kappa shape index (κ1) is 15.0. The Hall–Kier alpha value is -2.08. The first-order valence-corrected chi connectivity index (χ1v) is 5.93. The summed E-state index contributed by atoms with van der Waals surface area (Å²) in [5, 5.41) is 12.6. The van der Waals surface area contributed by atoms with Crippen molar-refractivity contribution in [2.45, 2.75) is 26.0 Å². The Bertz CT molecular complexity index is 462. The van der Waals surface area contributed by atoms with Crippen molar-refractivity contribution >= 4 is 17.6 Å². The molecular formula is C13H18N2O4. The van der Waals surface area contributed by atoms with Gasteiger partial charge in [-0.15, -0.1) is 0 Å². The molecule has 1 aromatic rings. The summed E-state index contributed by atoms with van der Waals surface area (Å²) in [7, 11) is 0. The number of anilines is 1. The average Bonchev–Trinajstić information content (AvgIpc) is 2.35. The maximum Gasteiger partial charge on any atom is 0.331 e. The van der Waals surface area contributed by atoms with Gasteiger partial charge in [-0.2, -0.15) is 0 Å². The number of ether oxygens (including phenoxy) is 1. The Kier molecular flexibility index (Phi) is 5.32. The van der Waals surface area contributed by atoms with E-state index in [1.165, 1.54) is 6.92 Å². The second kappa shape index (κ2) is 6.75. The number of amides is 1. The van der Waals surface area contributed by atoms with Crippen molar-refractivity contribution in [3.05, 3.63) is 29.8 Å². The van der Waals surface area contributed by atoms with Gasteiger partial charge in [0.25, 0.3) is 0 Å². The van der Waals surface area contributed by atoms with E-state index >= 15 is 0 Å². The number of nitrogens with two attached hydrogens (primary N) is 1. The molecule has 0 radical (unpaired) electrons. The highest BCUT2D eigenvalue weighted by Gasteiger charge is 2.30. The fourth-order valence-electron chi connectivity index (χ4n) is 1.65. The molecule has 104 valence electrons. The second-order valence-corrected chi connectivity index (χ2v) is 4.05. The van der Waals surface area contributed by atoms with Gasteiger partial charge in [0.2, 0.25) is 5.91 Å². The number of aliphatic hydroxyl groups excluding tert-OH is 1. The van der Waals surface area contributed by atoms with E-state index in [1.807, 2.05) is 0 Å². The molecule has 4 N–H and O–H groups in total. The van der Waals surface area contributed by atoms with Crippen LogP contribution in [0.4, 0.5) is 5.69 Å². The molecule has 1 amide bonds. The van der Waals surface area contributed by atoms with Crippen LogP contribution < -0.4 is 11.1 Å². The third kappa shape index (κ3) is 4.26. The number of rotatable bonds is 5. The highest BCUT2D eigenvalue weighted by molar-refractivity contribution is 5.84. The zero-order valence-corrected chi connectivity index (χ0v) is 10.9. The van der Waals surface area contributed by atoms with Crippen LogP contribution in [0.1, 0.15) is 25.5 Å². The molecule has 1 aromatic carbocycles. The molecule has 0 bridgehead atoms. The Morgan fingerprint density at radius 1 is 1.47 bits per heavy atom. The van der Waals surface area contributed by atoms with Gasteiger partial charge in [-0.3, -0.25) is 4.79 Å². The van der Waals surface area contributed by atoms with Crippen molar-refractivity contribution < 1.29 is 19.4 Å². The molecule has 0 saturated carbocycles. The Labute approximate surface area is 111 Å². The molecule has 0 aromatic heterocycles. The molecule has 0 unspecified atom stereocenters. The van der Waals surface area contributed by atoms with E-state index in [1.54, 1.807) is 31.2 Å². The first-order valence-electron chi connectivity index (χ1n) is 5.93. The number of aliphatic hydroxyl groups is 1. The van der Waals surface area contributed by atoms with Gasteiger partial charge < -0.3 is 20.9 Å². The summed E-state index contributed by atoms with van der Waals surface area (Å²) in [6, 6.07) is 5.32. The lowest BCUT2D eigenvalue weighted by Gasteiger charge is -2.22. The summed E-state index contributed by atoms with van der Waals surface area (Å²) in [5.41, 5.74) is 6.51. The predicted octanol–water partition coefficient (Wildman–Crippen LogP) is 0.370. The molecule has 6 nitrogen and oxygen atoms in total. The average molecular weight is 266 g/mol. The van der Waals surface area contributed by atoms with Crippen molar-refractivity contribution in [2.24, 2.45) is 0 Å². The number of carbonyl (C=O) groups is 2. The minimum absolute atomic E-state index is 0.165. The minimum Gasteiger partial charge on any atom is -0.464 e. The van der Waals surface area contributed by atoms with E-state index in [0.29, 0.717) is 11.3 Å². The van der Waals surface area contributed by atoms with Gasteiger partial charge in [-0.25, -0.2) is 4.79 Å². The number of nitrogen functional groups attached to an aromatic ring is 1. The molecule has 0 saturated heterocycles. The SMILES string of the molecule is CCOC(=O)[C@@H](NC(C)=O)[C@H](O)c1cccc(N)c1. The van der Waals surface area contributed by atoms with E-state index in [2.05, 4.69) is 5.32 Å². The minimum atomic E-state index is -1.22. The van der Waals surface area contributed by atoms with Crippen molar-refractivity contribution in [2.75, 3.05) is 12.3 Å². The van der Waals surface area contributed by atoms with Crippen LogP contribution >= 0.6 is 0 Å². The van der Waals surface area contributed by atoms with E-state index in [9.17, 15) is 14.7 Å². The molecule has 0 heterocycles. The van der Waals surface area contributed by atoms with Crippen LogP contribution in [0.5, 0.6) is 0 Å². The quantitative estimate of drug-likeness (QED) is 0.528. The summed E-state index contributed by atoms with van der Waals surface area (Å²) in [6.07, 6.45) is -1.22. The van der Waals surface area contributed by atoms with Gasteiger partial charge in [0.15, 0.2) is 6.04 Å². The lowest BCUT2D eigenvalue weighted by atomic mass is 10.0. The number of esters is 1. The van der Waals surface area contributed by atoms with E-state index in [-0.39, 0.29) is 6.61 Å². The largest absolute Gasteiger partial charge is 0.464 e. The van der Waals surface area contributed by atoms with Crippen LogP contribution in [0.15, 0.2) is 24.3 Å². The summed E-state index contributed by atoms with van der Waals surface area (Å²) < 4.78 is 4.83. The Morgan fingerprint density at radius 2 is 2.16 bits per heavy atom. The third-order valence-corrected chi connectivity index (χ3v) is 2.47. The highest BCUT2D eigenvalue weighted by Crippen LogP contribution is 2.20. The monoisotopic (exact) mass is 266 g/mol. The van der Waals surface area contributed by atoms with E-state index in [4.69, 9.17) is 10.5 Å². The maximum absolute atomic E-state index is 11.8. The lowest BCUT2D eigenvalue weighted by molar-refractivity contribution is -0.150. The molecular weight excluding hydrogens is 248 g/mol. The second-order valence-electron chi connectivity index (χ2n) is 4.05. The molecule has 0 fully saturated rings. The summed E-state index contributed by atoms with van der Waals surface area (Å²) in [5.74, 6) is -1.12. The van der Waals surface area contributed by atoms with Gasteiger partial charge in [0.1, 0.15) is 6.10 Å². The topological polar surface area (TPSA) is 102 Å². The van der Waals surface area contributed by atoms with Crippen LogP contribution in [-0.2, 0) is 14.3 Å². The van der Waals surface area contributed by atoms with Gasteiger partial charge in [-0.1, -0.05) is 12.1 Å².